The normalized spacial score (nSPS) is 13.2. The third-order valence-corrected chi connectivity index (χ3v) is 2.63. The van der Waals surface area contributed by atoms with Gasteiger partial charge in [-0.3, -0.25) is 0 Å². The van der Waals surface area contributed by atoms with Crippen molar-refractivity contribution in [1.82, 2.24) is 10.3 Å². The van der Waals surface area contributed by atoms with Crippen LogP contribution in [0, 0.1) is 0 Å². The summed E-state index contributed by atoms with van der Waals surface area (Å²) in [6.45, 7) is 3.86. The van der Waals surface area contributed by atoms with Gasteiger partial charge in [-0.15, -0.1) is 0 Å². The van der Waals surface area contributed by atoms with Crippen LogP contribution in [0.4, 0.5) is 0 Å². The van der Waals surface area contributed by atoms with E-state index >= 15 is 0 Å². The number of nitrogens with one attached hydrogen (secondary N) is 2. The first kappa shape index (κ1) is 10.2. The molecule has 0 saturated carbocycles. The summed E-state index contributed by atoms with van der Waals surface area (Å²) in [7, 11) is 0. The van der Waals surface area contributed by atoms with E-state index in [1.165, 1.54) is 10.9 Å². The highest BCUT2D eigenvalue weighted by atomic mass is 14.9. The number of para-hydroxylation sites is 1. The molecule has 1 aromatic heterocycles. The lowest BCUT2D eigenvalue weighted by atomic mass is 10.1. The highest BCUT2D eigenvalue weighted by molar-refractivity contribution is 5.83. The number of fused-ring (bicyclic) bond motifs is 1. The first-order chi connectivity index (χ1) is 7.33. The Hall–Kier alpha value is -1.32. The number of nitrogens with two attached hydrogens (primary N) is 1. The number of H-pyrrole nitrogens is 1. The van der Waals surface area contributed by atoms with Gasteiger partial charge in [-0.2, -0.15) is 0 Å². The second-order valence-electron chi connectivity index (χ2n) is 3.70. The second-order valence-corrected chi connectivity index (χ2v) is 3.70. The Balaban J connectivity index is 2.27. The van der Waals surface area contributed by atoms with Crippen molar-refractivity contribution in [1.29, 1.82) is 0 Å². The molecule has 3 nitrogen and oxygen atoms in total. The number of aromatic nitrogens is 1. The molecule has 1 heterocycles. The lowest BCUT2D eigenvalue weighted by molar-refractivity contribution is 0.619. The maximum atomic E-state index is 6.11. The predicted molar refractivity (Wildman–Crippen MR) is 63.8 cm³/mol. The Morgan fingerprint density at radius 3 is 3.00 bits per heavy atom. The van der Waals surface area contributed by atoms with Gasteiger partial charge in [0.25, 0.3) is 0 Å². The fraction of sp³-hybridized carbons (Fsp3) is 0.333. The fourth-order valence-electron chi connectivity index (χ4n) is 1.81. The molecule has 15 heavy (non-hydrogen) atoms. The molecule has 0 fully saturated rings. The van der Waals surface area contributed by atoms with Crippen molar-refractivity contribution >= 4 is 10.9 Å². The van der Waals surface area contributed by atoms with Crippen LogP contribution in [0.25, 0.3) is 10.9 Å². The summed E-state index contributed by atoms with van der Waals surface area (Å²) in [4.78, 5) is 3.24. The molecule has 2 aromatic rings. The van der Waals surface area contributed by atoms with E-state index in [9.17, 15) is 0 Å². The quantitative estimate of drug-likeness (QED) is 0.709. The van der Waals surface area contributed by atoms with E-state index in [4.69, 9.17) is 5.73 Å². The van der Waals surface area contributed by atoms with Crippen molar-refractivity contribution < 1.29 is 0 Å². The minimum absolute atomic E-state index is 0.0566. The average Bonchev–Trinajstić information content (AvgIpc) is 2.69. The van der Waals surface area contributed by atoms with Crippen LogP contribution in [0.5, 0.6) is 0 Å². The van der Waals surface area contributed by atoms with E-state index in [1.54, 1.807) is 0 Å². The molecule has 1 unspecified atom stereocenters. The summed E-state index contributed by atoms with van der Waals surface area (Å²) in [6.07, 6.45) is 2.01. The van der Waals surface area contributed by atoms with Crippen LogP contribution in [0.2, 0.25) is 0 Å². The number of benzene rings is 1. The molecule has 0 spiro atoms. The summed E-state index contributed by atoms with van der Waals surface area (Å²) in [5, 5.41) is 4.49. The Morgan fingerprint density at radius 2 is 2.20 bits per heavy atom. The molecule has 0 aliphatic carbocycles. The molecule has 4 N–H and O–H groups in total. The first-order valence-corrected chi connectivity index (χ1v) is 5.35. The second kappa shape index (κ2) is 4.47. The topological polar surface area (TPSA) is 53.8 Å². The Bertz CT molecular complexity index is 433. The first-order valence-electron chi connectivity index (χ1n) is 5.35. The van der Waals surface area contributed by atoms with E-state index in [0.717, 1.165) is 18.6 Å². The molecule has 3 heteroatoms. The molecule has 0 bridgehead atoms. The maximum absolute atomic E-state index is 6.11. The summed E-state index contributed by atoms with van der Waals surface area (Å²) in [5.74, 6) is 0. The summed E-state index contributed by atoms with van der Waals surface area (Å²) in [5.41, 5.74) is 8.45. The van der Waals surface area contributed by atoms with E-state index in [-0.39, 0.29) is 6.04 Å². The van der Waals surface area contributed by atoms with Gasteiger partial charge in [-0.25, -0.2) is 0 Å². The Morgan fingerprint density at radius 1 is 1.40 bits per heavy atom. The van der Waals surface area contributed by atoms with Gasteiger partial charge >= 0.3 is 0 Å². The molecule has 2 rings (SSSR count). The number of hydrogen-bond donors (Lipinski definition) is 3. The van der Waals surface area contributed by atoms with Crippen molar-refractivity contribution in [2.24, 2.45) is 5.73 Å². The van der Waals surface area contributed by atoms with Crippen molar-refractivity contribution in [2.45, 2.75) is 13.0 Å². The largest absolute Gasteiger partial charge is 0.361 e. The Labute approximate surface area is 89.7 Å². The number of likely N-dealkylation sites (N-methyl/N-ethyl adjacent to an activating group) is 1. The summed E-state index contributed by atoms with van der Waals surface area (Å²) < 4.78 is 0. The van der Waals surface area contributed by atoms with Gasteiger partial charge in [0.1, 0.15) is 0 Å². The highest BCUT2D eigenvalue weighted by Crippen LogP contribution is 2.21. The summed E-state index contributed by atoms with van der Waals surface area (Å²) >= 11 is 0. The zero-order valence-corrected chi connectivity index (χ0v) is 8.96. The van der Waals surface area contributed by atoms with E-state index in [1.807, 2.05) is 18.3 Å². The van der Waals surface area contributed by atoms with Gasteiger partial charge < -0.3 is 16.0 Å². The number of rotatable bonds is 4. The molecule has 0 aliphatic rings. The molecule has 1 aromatic carbocycles. The molecule has 0 amide bonds. The van der Waals surface area contributed by atoms with Gasteiger partial charge in [-0.1, -0.05) is 25.1 Å². The van der Waals surface area contributed by atoms with Crippen LogP contribution < -0.4 is 11.1 Å². The fourth-order valence-corrected chi connectivity index (χ4v) is 1.81. The Kier molecular flexibility index (Phi) is 3.04. The van der Waals surface area contributed by atoms with Gasteiger partial charge in [0.15, 0.2) is 0 Å². The average molecular weight is 203 g/mol. The monoisotopic (exact) mass is 203 g/mol. The van der Waals surface area contributed by atoms with Gasteiger partial charge in [-0.05, 0) is 18.2 Å². The van der Waals surface area contributed by atoms with Crippen molar-refractivity contribution in [3.05, 3.63) is 36.0 Å². The highest BCUT2D eigenvalue weighted by Gasteiger charge is 2.10. The molecular weight excluding hydrogens is 186 g/mol. The molecule has 0 saturated heterocycles. The predicted octanol–water partition coefficient (Wildman–Crippen LogP) is 1.78. The van der Waals surface area contributed by atoms with Crippen LogP contribution >= 0.6 is 0 Å². The van der Waals surface area contributed by atoms with Crippen molar-refractivity contribution in [3.63, 3.8) is 0 Å². The standard InChI is InChI=1S/C12H17N3/c1-2-14-8-11(13)10-7-15-12-6-4-3-5-9(10)12/h3-7,11,14-15H,2,8,13H2,1H3. The van der Waals surface area contributed by atoms with Crippen LogP contribution in [-0.2, 0) is 0 Å². The molecule has 0 radical (unpaired) electrons. The zero-order chi connectivity index (χ0) is 10.7. The third kappa shape index (κ3) is 2.03. The van der Waals surface area contributed by atoms with Gasteiger partial charge in [0, 0.05) is 29.7 Å². The van der Waals surface area contributed by atoms with Gasteiger partial charge in [0.05, 0.1) is 0 Å². The minimum Gasteiger partial charge on any atom is -0.361 e. The smallest absolute Gasteiger partial charge is 0.0457 e. The lowest BCUT2D eigenvalue weighted by Crippen LogP contribution is -2.26. The zero-order valence-electron chi connectivity index (χ0n) is 8.96. The van der Waals surface area contributed by atoms with Crippen LogP contribution in [0.3, 0.4) is 0 Å². The number of hydrogen-bond acceptors (Lipinski definition) is 2. The minimum atomic E-state index is 0.0566. The summed E-state index contributed by atoms with van der Waals surface area (Å²) in [6, 6.07) is 8.30. The maximum Gasteiger partial charge on any atom is 0.0457 e. The molecule has 1 atom stereocenters. The van der Waals surface area contributed by atoms with E-state index in [0.29, 0.717) is 0 Å². The van der Waals surface area contributed by atoms with Crippen LogP contribution in [0.15, 0.2) is 30.5 Å². The molecule has 0 aliphatic heterocycles. The van der Waals surface area contributed by atoms with Crippen molar-refractivity contribution in [2.75, 3.05) is 13.1 Å². The molecule has 80 valence electrons. The van der Waals surface area contributed by atoms with Gasteiger partial charge in [0.2, 0.25) is 0 Å². The molecular formula is C12H17N3. The van der Waals surface area contributed by atoms with Crippen LogP contribution in [0.1, 0.15) is 18.5 Å². The SMILES string of the molecule is CCNCC(N)c1c[nH]c2ccccc12. The lowest BCUT2D eigenvalue weighted by Gasteiger charge is -2.10. The number of aromatic amines is 1. The van der Waals surface area contributed by atoms with Crippen molar-refractivity contribution in [3.8, 4) is 0 Å². The van der Waals surface area contributed by atoms with E-state index in [2.05, 4.69) is 29.4 Å². The third-order valence-electron chi connectivity index (χ3n) is 2.63. The van der Waals surface area contributed by atoms with Crippen LogP contribution in [-0.4, -0.2) is 18.1 Å². The van der Waals surface area contributed by atoms with E-state index < -0.39 is 0 Å².